The number of carboxylic acid groups (broad SMARTS) is 1. The van der Waals surface area contributed by atoms with Gasteiger partial charge in [-0.1, -0.05) is 6.07 Å². The molecule has 5 nitrogen and oxygen atoms in total. The third-order valence-electron chi connectivity index (χ3n) is 2.93. The zero-order valence-corrected chi connectivity index (χ0v) is 11.1. The van der Waals surface area contributed by atoms with E-state index in [1.807, 2.05) is 0 Å². The monoisotopic (exact) mass is 289 g/mol. The van der Waals surface area contributed by atoms with E-state index in [2.05, 4.69) is 5.32 Å². The van der Waals surface area contributed by atoms with Crippen molar-refractivity contribution in [1.29, 1.82) is 0 Å². The Bertz CT molecular complexity index is 728. The van der Waals surface area contributed by atoms with Gasteiger partial charge in [0.1, 0.15) is 11.6 Å². The Kier molecular flexibility index (Phi) is 3.89. The predicted octanol–water partition coefficient (Wildman–Crippen LogP) is 2.79. The molecular weight excluding hydrogens is 277 g/mol. The van der Waals surface area contributed by atoms with Crippen LogP contribution in [0, 0.1) is 12.7 Å². The van der Waals surface area contributed by atoms with Gasteiger partial charge in [-0.05, 0) is 42.8 Å². The van der Waals surface area contributed by atoms with E-state index < -0.39 is 17.7 Å². The molecule has 1 amide bonds. The average molecular weight is 289 g/mol. The summed E-state index contributed by atoms with van der Waals surface area (Å²) < 4.78 is 13.4. The number of hydrogen-bond donors (Lipinski definition) is 3. The lowest BCUT2D eigenvalue weighted by atomic mass is 10.1. The number of carbonyl (C=O) groups excluding carboxylic acids is 1. The standard InChI is InChI=1S/C15H12FNO4/c1-8-2-3-9(6-11(8)16)14(19)17-12-7-10(15(20)21)4-5-13(12)18/h2-7,18H,1H3,(H,17,19)(H,20,21). The minimum absolute atomic E-state index is 0.0547. The van der Waals surface area contributed by atoms with Crippen LogP contribution in [0.15, 0.2) is 36.4 Å². The van der Waals surface area contributed by atoms with E-state index in [1.54, 1.807) is 6.92 Å². The Balaban J connectivity index is 2.28. The van der Waals surface area contributed by atoms with Crippen molar-refractivity contribution >= 4 is 17.6 Å². The summed E-state index contributed by atoms with van der Waals surface area (Å²) in [5.41, 5.74) is 0.333. The number of nitrogens with one attached hydrogen (secondary N) is 1. The molecule has 0 radical (unpaired) electrons. The molecule has 0 spiro atoms. The molecule has 2 rings (SSSR count). The Labute approximate surface area is 119 Å². The largest absolute Gasteiger partial charge is 0.506 e. The molecule has 6 heteroatoms. The van der Waals surface area contributed by atoms with Crippen LogP contribution in [-0.4, -0.2) is 22.1 Å². The van der Waals surface area contributed by atoms with Gasteiger partial charge in [-0.15, -0.1) is 0 Å². The van der Waals surface area contributed by atoms with E-state index in [9.17, 15) is 19.1 Å². The molecular formula is C15H12FNO4. The number of aromatic carboxylic acids is 1. The van der Waals surface area contributed by atoms with E-state index in [1.165, 1.54) is 18.2 Å². The number of rotatable bonds is 3. The van der Waals surface area contributed by atoms with Gasteiger partial charge in [0.25, 0.3) is 5.91 Å². The second kappa shape index (κ2) is 5.62. The van der Waals surface area contributed by atoms with Crippen molar-refractivity contribution in [3.05, 3.63) is 58.9 Å². The van der Waals surface area contributed by atoms with Crippen LogP contribution >= 0.6 is 0 Å². The molecule has 0 atom stereocenters. The van der Waals surface area contributed by atoms with E-state index >= 15 is 0 Å². The maximum absolute atomic E-state index is 13.4. The van der Waals surface area contributed by atoms with Gasteiger partial charge < -0.3 is 15.5 Å². The molecule has 21 heavy (non-hydrogen) atoms. The fourth-order valence-electron chi connectivity index (χ4n) is 1.70. The SMILES string of the molecule is Cc1ccc(C(=O)Nc2cc(C(=O)O)ccc2O)cc1F. The molecule has 0 saturated heterocycles. The topological polar surface area (TPSA) is 86.6 Å². The Morgan fingerprint density at radius 3 is 2.38 bits per heavy atom. The molecule has 108 valence electrons. The van der Waals surface area contributed by atoms with Crippen LogP contribution in [0.5, 0.6) is 5.75 Å². The number of aromatic hydroxyl groups is 1. The molecule has 0 heterocycles. The quantitative estimate of drug-likeness (QED) is 0.758. The van der Waals surface area contributed by atoms with Gasteiger partial charge in [0, 0.05) is 5.56 Å². The zero-order valence-electron chi connectivity index (χ0n) is 11.1. The number of hydrogen-bond acceptors (Lipinski definition) is 3. The van der Waals surface area contributed by atoms with Gasteiger partial charge in [-0.2, -0.15) is 0 Å². The first-order valence-corrected chi connectivity index (χ1v) is 6.02. The molecule has 0 bridgehead atoms. The summed E-state index contributed by atoms with van der Waals surface area (Å²) >= 11 is 0. The Hall–Kier alpha value is -2.89. The van der Waals surface area contributed by atoms with Gasteiger partial charge in [0.15, 0.2) is 0 Å². The van der Waals surface area contributed by atoms with Gasteiger partial charge in [0.05, 0.1) is 11.3 Å². The number of carboxylic acids is 1. The fraction of sp³-hybridized carbons (Fsp3) is 0.0667. The molecule has 0 aliphatic heterocycles. The Morgan fingerprint density at radius 1 is 1.10 bits per heavy atom. The van der Waals surface area contributed by atoms with Gasteiger partial charge >= 0.3 is 5.97 Å². The maximum atomic E-state index is 13.4. The van der Waals surface area contributed by atoms with Crippen LogP contribution < -0.4 is 5.32 Å². The van der Waals surface area contributed by atoms with E-state index in [-0.39, 0.29) is 22.6 Å². The molecule has 0 aromatic heterocycles. The third kappa shape index (κ3) is 3.17. The van der Waals surface area contributed by atoms with Crippen molar-refractivity contribution in [3.8, 4) is 5.75 Å². The number of halogens is 1. The predicted molar refractivity (Wildman–Crippen MR) is 74.2 cm³/mol. The van der Waals surface area contributed by atoms with Crippen molar-refractivity contribution in [2.75, 3.05) is 5.32 Å². The second-order valence-corrected chi connectivity index (χ2v) is 4.46. The molecule has 0 aliphatic rings. The number of benzene rings is 2. The first-order chi connectivity index (χ1) is 9.88. The first-order valence-electron chi connectivity index (χ1n) is 6.02. The van der Waals surface area contributed by atoms with Crippen LogP contribution in [0.2, 0.25) is 0 Å². The van der Waals surface area contributed by atoms with Crippen molar-refractivity contribution in [2.24, 2.45) is 0 Å². The molecule has 2 aromatic carbocycles. The number of anilines is 1. The highest BCUT2D eigenvalue weighted by Crippen LogP contribution is 2.25. The van der Waals surface area contributed by atoms with Gasteiger partial charge in [-0.3, -0.25) is 4.79 Å². The lowest BCUT2D eigenvalue weighted by Gasteiger charge is -2.09. The minimum atomic E-state index is -1.19. The summed E-state index contributed by atoms with van der Waals surface area (Å²) in [5, 5.41) is 20.9. The molecule has 2 aromatic rings. The van der Waals surface area contributed by atoms with Gasteiger partial charge in [-0.25, -0.2) is 9.18 Å². The average Bonchev–Trinajstić information content (AvgIpc) is 2.43. The van der Waals surface area contributed by atoms with Crippen LogP contribution in [-0.2, 0) is 0 Å². The number of phenolic OH excluding ortho intramolecular Hbond substituents is 1. The van der Waals surface area contributed by atoms with Crippen LogP contribution in [0.3, 0.4) is 0 Å². The first kappa shape index (κ1) is 14.5. The van der Waals surface area contributed by atoms with Crippen LogP contribution in [0.25, 0.3) is 0 Å². The molecule has 0 aliphatic carbocycles. The van der Waals surface area contributed by atoms with E-state index in [0.717, 1.165) is 18.2 Å². The summed E-state index contributed by atoms with van der Waals surface area (Å²) in [6.07, 6.45) is 0. The highest BCUT2D eigenvalue weighted by atomic mass is 19.1. The molecule has 0 fully saturated rings. The number of phenols is 1. The van der Waals surface area contributed by atoms with E-state index in [4.69, 9.17) is 5.11 Å². The lowest BCUT2D eigenvalue weighted by Crippen LogP contribution is -2.13. The summed E-state index contributed by atoms with van der Waals surface area (Å²) in [5.74, 6) is -2.63. The summed E-state index contributed by atoms with van der Waals surface area (Å²) in [6.45, 7) is 1.57. The number of amides is 1. The lowest BCUT2D eigenvalue weighted by molar-refractivity contribution is 0.0696. The van der Waals surface area contributed by atoms with Gasteiger partial charge in [0.2, 0.25) is 0 Å². The highest BCUT2D eigenvalue weighted by Gasteiger charge is 2.13. The summed E-state index contributed by atoms with van der Waals surface area (Å²) in [6, 6.07) is 7.46. The summed E-state index contributed by atoms with van der Waals surface area (Å²) in [4.78, 5) is 22.8. The van der Waals surface area contributed by atoms with Crippen LogP contribution in [0.4, 0.5) is 10.1 Å². The highest BCUT2D eigenvalue weighted by molar-refractivity contribution is 6.05. The van der Waals surface area contributed by atoms with Crippen molar-refractivity contribution in [1.82, 2.24) is 0 Å². The third-order valence-corrected chi connectivity index (χ3v) is 2.93. The maximum Gasteiger partial charge on any atom is 0.335 e. The minimum Gasteiger partial charge on any atom is -0.506 e. The van der Waals surface area contributed by atoms with Crippen molar-refractivity contribution in [2.45, 2.75) is 6.92 Å². The summed E-state index contributed by atoms with van der Waals surface area (Å²) in [7, 11) is 0. The normalized spacial score (nSPS) is 10.2. The van der Waals surface area contributed by atoms with Crippen LogP contribution in [0.1, 0.15) is 26.3 Å². The van der Waals surface area contributed by atoms with Crippen molar-refractivity contribution < 1.29 is 24.2 Å². The number of carbonyl (C=O) groups is 2. The second-order valence-electron chi connectivity index (χ2n) is 4.46. The molecule has 0 unspecified atom stereocenters. The number of aryl methyl sites for hydroxylation is 1. The Morgan fingerprint density at radius 2 is 1.76 bits per heavy atom. The zero-order chi connectivity index (χ0) is 15.6. The fourth-order valence-corrected chi connectivity index (χ4v) is 1.70. The van der Waals surface area contributed by atoms with Crippen molar-refractivity contribution in [3.63, 3.8) is 0 Å². The molecule has 0 saturated carbocycles. The smallest absolute Gasteiger partial charge is 0.335 e. The van der Waals surface area contributed by atoms with E-state index in [0.29, 0.717) is 5.56 Å². The molecule has 3 N–H and O–H groups in total.